The number of aliphatic hydroxyl groups excluding tert-OH is 2. The number of aryl methyl sites for hydroxylation is 1. The molecule has 3 rings (SSSR count). The van der Waals surface area contributed by atoms with Gasteiger partial charge in [0.2, 0.25) is 0 Å². The highest BCUT2D eigenvalue weighted by Crippen LogP contribution is 2.26. The molecule has 2 aromatic rings. The molecule has 8 heteroatoms. The van der Waals surface area contributed by atoms with Crippen molar-refractivity contribution in [2.24, 2.45) is 0 Å². The summed E-state index contributed by atoms with van der Waals surface area (Å²) in [5.74, 6) is -1.54. The monoisotopic (exact) mass is 490 g/mol. The van der Waals surface area contributed by atoms with Crippen LogP contribution >= 0.6 is 0 Å². The molecule has 8 nitrogen and oxygen atoms in total. The number of benzene rings is 2. The van der Waals surface area contributed by atoms with Crippen molar-refractivity contribution in [2.75, 3.05) is 31.3 Å². The molecule has 0 aliphatic heterocycles. The summed E-state index contributed by atoms with van der Waals surface area (Å²) in [6, 6.07) is 15.2. The van der Waals surface area contributed by atoms with E-state index in [1.54, 1.807) is 0 Å². The van der Waals surface area contributed by atoms with E-state index in [9.17, 15) is 19.8 Å². The largest absolute Gasteiger partial charge is 0.397 e. The number of amides is 2. The van der Waals surface area contributed by atoms with Gasteiger partial charge < -0.3 is 31.1 Å². The predicted molar refractivity (Wildman–Crippen MR) is 142 cm³/mol. The third kappa shape index (κ3) is 6.62. The predicted octanol–water partition coefficient (Wildman–Crippen LogP) is 2.28. The summed E-state index contributed by atoms with van der Waals surface area (Å²) in [5, 5.41) is 23.2. The minimum Gasteiger partial charge on any atom is -0.397 e. The molecule has 0 radical (unpaired) electrons. The number of aliphatic hydroxyl groups is 2. The summed E-state index contributed by atoms with van der Waals surface area (Å²) in [7, 11) is 3.45. The zero-order valence-electron chi connectivity index (χ0n) is 20.9. The minimum atomic E-state index is -1.88. The maximum absolute atomic E-state index is 12.6. The highest BCUT2D eigenvalue weighted by atomic mass is 16.3. The summed E-state index contributed by atoms with van der Waals surface area (Å²) in [5.41, 5.74) is 11.4. The second kappa shape index (κ2) is 12.2. The molecule has 0 heterocycles. The average Bonchev–Trinajstić information content (AvgIpc) is 3.13. The fourth-order valence-electron chi connectivity index (χ4n) is 3.88. The molecule has 0 bridgehead atoms. The maximum atomic E-state index is 12.6. The molecule has 36 heavy (non-hydrogen) atoms. The number of carbonyl (C=O) groups excluding carboxylic acids is 2. The van der Waals surface area contributed by atoms with Crippen molar-refractivity contribution in [3.63, 3.8) is 0 Å². The lowest BCUT2D eigenvalue weighted by atomic mass is 10.1. The van der Waals surface area contributed by atoms with Crippen LogP contribution in [0.25, 0.3) is 0 Å². The highest BCUT2D eigenvalue weighted by Gasteiger charge is 2.32. The fourth-order valence-corrected chi connectivity index (χ4v) is 3.88. The first-order valence-electron chi connectivity index (χ1n) is 11.8. The molecule has 0 aromatic heterocycles. The van der Waals surface area contributed by atoms with Crippen molar-refractivity contribution >= 4 is 23.2 Å². The van der Waals surface area contributed by atoms with Crippen LogP contribution in [0.15, 0.2) is 84.1 Å². The van der Waals surface area contributed by atoms with Crippen LogP contribution in [-0.4, -0.2) is 59.8 Å². The van der Waals surface area contributed by atoms with E-state index in [0.29, 0.717) is 12.1 Å². The van der Waals surface area contributed by atoms with Crippen molar-refractivity contribution in [2.45, 2.75) is 32.1 Å². The molecule has 1 aliphatic rings. The van der Waals surface area contributed by atoms with Gasteiger partial charge >= 0.3 is 0 Å². The number of anilines is 2. The molecule has 2 aromatic carbocycles. The van der Waals surface area contributed by atoms with Gasteiger partial charge in [-0.2, -0.15) is 0 Å². The van der Waals surface area contributed by atoms with E-state index in [1.165, 1.54) is 11.9 Å². The molecule has 0 fully saturated rings. The van der Waals surface area contributed by atoms with Gasteiger partial charge in [-0.25, -0.2) is 0 Å². The second-order valence-electron chi connectivity index (χ2n) is 8.87. The summed E-state index contributed by atoms with van der Waals surface area (Å²) >= 11 is 0. The second-order valence-corrected chi connectivity index (χ2v) is 8.87. The van der Waals surface area contributed by atoms with Gasteiger partial charge in [-0.15, -0.1) is 0 Å². The van der Waals surface area contributed by atoms with E-state index in [2.05, 4.69) is 5.32 Å². The Morgan fingerprint density at radius 2 is 1.72 bits per heavy atom. The van der Waals surface area contributed by atoms with Crippen molar-refractivity contribution in [1.29, 1.82) is 0 Å². The Hall–Kier alpha value is -3.88. The number of allylic oxidation sites excluding steroid dienone is 4. The Labute approximate surface area is 212 Å². The SMILES string of the molecule is Cc1ccccc1CN(C)C(=O)C(O)C(O)C(=O)NCC1=CC=C(N(C)c2ccccc2N)C=CC1. The minimum absolute atomic E-state index is 0.168. The van der Waals surface area contributed by atoms with Crippen LogP contribution in [0, 0.1) is 6.92 Å². The van der Waals surface area contributed by atoms with Crippen LogP contribution in [-0.2, 0) is 16.1 Å². The van der Waals surface area contributed by atoms with Crippen LogP contribution in [0.3, 0.4) is 0 Å². The Morgan fingerprint density at radius 1 is 1.03 bits per heavy atom. The lowest BCUT2D eigenvalue weighted by Crippen LogP contribution is -2.50. The maximum Gasteiger partial charge on any atom is 0.254 e. The number of rotatable bonds is 9. The van der Waals surface area contributed by atoms with Gasteiger partial charge in [-0.3, -0.25) is 9.59 Å². The first kappa shape index (κ1) is 26.7. The van der Waals surface area contributed by atoms with Crippen LogP contribution < -0.4 is 16.0 Å². The Balaban J connectivity index is 1.56. The lowest BCUT2D eigenvalue weighted by molar-refractivity contribution is -0.152. The number of para-hydroxylation sites is 2. The molecule has 2 amide bonds. The molecule has 1 aliphatic carbocycles. The third-order valence-corrected chi connectivity index (χ3v) is 6.20. The molecule has 0 saturated carbocycles. The number of nitrogens with one attached hydrogen (secondary N) is 1. The topological polar surface area (TPSA) is 119 Å². The number of nitrogen functional groups attached to an aromatic ring is 1. The standard InChI is InChI=1S/C28H34N4O4/c1-19-9-4-5-11-21(19)18-31(2)28(36)26(34)25(33)27(35)30-17-20-10-8-12-22(16-15-20)32(3)24-14-7-6-13-23(24)29/h4-9,11-16,25-26,33-34H,10,17-18,29H2,1-3H3,(H,30,35). The van der Waals surface area contributed by atoms with Gasteiger partial charge in [-0.05, 0) is 54.3 Å². The van der Waals surface area contributed by atoms with Crippen LogP contribution in [0.2, 0.25) is 0 Å². The van der Waals surface area contributed by atoms with Gasteiger partial charge in [0, 0.05) is 32.9 Å². The van der Waals surface area contributed by atoms with Crippen molar-refractivity contribution < 1.29 is 19.8 Å². The van der Waals surface area contributed by atoms with E-state index < -0.39 is 24.0 Å². The van der Waals surface area contributed by atoms with Gasteiger partial charge in [0.25, 0.3) is 11.8 Å². The van der Waals surface area contributed by atoms with Gasteiger partial charge in [-0.1, -0.05) is 48.6 Å². The molecule has 2 atom stereocenters. The number of hydrogen-bond acceptors (Lipinski definition) is 6. The highest BCUT2D eigenvalue weighted by molar-refractivity contribution is 5.90. The average molecular weight is 491 g/mol. The molecular formula is C28H34N4O4. The number of nitrogens with zero attached hydrogens (tertiary/aromatic N) is 2. The van der Waals surface area contributed by atoms with Crippen molar-refractivity contribution in [1.82, 2.24) is 10.2 Å². The number of hydrogen-bond donors (Lipinski definition) is 4. The summed E-state index contributed by atoms with van der Waals surface area (Å²) in [6.45, 7) is 2.35. The van der Waals surface area contributed by atoms with Crippen LogP contribution in [0.5, 0.6) is 0 Å². The zero-order valence-corrected chi connectivity index (χ0v) is 20.9. The van der Waals surface area contributed by atoms with E-state index in [1.807, 2.05) is 91.7 Å². The smallest absolute Gasteiger partial charge is 0.254 e. The van der Waals surface area contributed by atoms with Crippen molar-refractivity contribution in [3.05, 3.63) is 95.2 Å². The molecule has 190 valence electrons. The third-order valence-electron chi connectivity index (χ3n) is 6.20. The Kier molecular flexibility index (Phi) is 9.05. The molecule has 2 unspecified atom stereocenters. The van der Waals surface area contributed by atoms with E-state index in [-0.39, 0.29) is 13.1 Å². The van der Waals surface area contributed by atoms with Crippen LogP contribution in [0.4, 0.5) is 11.4 Å². The Morgan fingerprint density at radius 3 is 2.44 bits per heavy atom. The zero-order chi connectivity index (χ0) is 26.2. The van der Waals surface area contributed by atoms with Crippen LogP contribution in [0.1, 0.15) is 17.5 Å². The molecular weight excluding hydrogens is 456 g/mol. The molecule has 0 saturated heterocycles. The van der Waals surface area contributed by atoms with Crippen molar-refractivity contribution in [3.8, 4) is 0 Å². The molecule has 5 N–H and O–H groups in total. The molecule has 0 spiro atoms. The summed E-state index contributed by atoms with van der Waals surface area (Å²) in [4.78, 5) is 28.3. The normalized spacial score (nSPS) is 14.7. The van der Waals surface area contributed by atoms with Gasteiger partial charge in [0.15, 0.2) is 12.2 Å². The van der Waals surface area contributed by atoms with E-state index in [0.717, 1.165) is 28.1 Å². The van der Waals surface area contributed by atoms with E-state index >= 15 is 0 Å². The van der Waals surface area contributed by atoms with Gasteiger partial charge in [0.1, 0.15) is 0 Å². The number of nitrogens with two attached hydrogens (primary N) is 1. The lowest BCUT2D eigenvalue weighted by Gasteiger charge is -2.24. The fraction of sp³-hybridized carbons (Fsp3) is 0.286. The summed E-state index contributed by atoms with van der Waals surface area (Å²) < 4.78 is 0. The number of carbonyl (C=O) groups is 2. The number of likely N-dealkylation sites (N-methyl/N-ethyl adjacent to an activating group) is 2. The summed E-state index contributed by atoms with van der Waals surface area (Å²) in [6.07, 6.45) is 4.62. The first-order chi connectivity index (χ1) is 17.2. The first-order valence-corrected chi connectivity index (χ1v) is 11.8. The Bertz CT molecular complexity index is 1190. The quantitative estimate of drug-likeness (QED) is 0.401. The van der Waals surface area contributed by atoms with Gasteiger partial charge in [0.05, 0.1) is 11.4 Å². The van der Waals surface area contributed by atoms with E-state index in [4.69, 9.17) is 5.73 Å².